The molecule has 1 saturated carbocycles. The molecule has 40 heavy (non-hydrogen) atoms. The second kappa shape index (κ2) is 16.1. The minimum absolute atomic E-state index is 0.0258. The van der Waals surface area contributed by atoms with Gasteiger partial charge in [0.25, 0.3) is 0 Å². The van der Waals surface area contributed by atoms with E-state index in [9.17, 15) is 24.1 Å². The van der Waals surface area contributed by atoms with Crippen molar-refractivity contribution in [1.29, 1.82) is 0 Å². The molecule has 1 aliphatic heterocycles. The van der Waals surface area contributed by atoms with Gasteiger partial charge in [-0.2, -0.15) is 0 Å². The molecule has 1 aromatic carbocycles. The highest BCUT2D eigenvalue weighted by atomic mass is 31.2. The SMILES string of the molecule is CCOP(=O)(OCC)C(O)[C@H](CC1CCNC1=O)NC(=O)[C@H](CC1CCCCC1)NC(=O)OCc1ccccc1. The Morgan fingerprint density at radius 1 is 1.02 bits per heavy atom. The van der Waals surface area contributed by atoms with Crippen molar-refractivity contribution in [2.75, 3.05) is 19.8 Å². The van der Waals surface area contributed by atoms with Gasteiger partial charge in [-0.15, -0.1) is 0 Å². The molecule has 12 heteroatoms. The lowest BCUT2D eigenvalue weighted by atomic mass is 9.84. The van der Waals surface area contributed by atoms with E-state index in [1.807, 2.05) is 30.3 Å². The van der Waals surface area contributed by atoms with Gasteiger partial charge in [0, 0.05) is 12.5 Å². The van der Waals surface area contributed by atoms with Crippen LogP contribution >= 0.6 is 7.60 Å². The lowest BCUT2D eigenvalue weighted by Gasteiger charge is -2.32. The normalized spacial score (nSPS) is 20.3. The first-order chi connectivity index (χ1) is 19.3. The number of rotatable bonds is 15. The van der Waals surface area contributed by atoms with E-state index in [4.69, 9.17) is 13.8 Å². The maximum atomic E-state index is 13.7. The number of benzene rings is 1. The number of nitrogens with one attached hydrogen (secondary N) is 3. The highest BCUT2D eigenvalue weighted by Crippen LogP contribution is 2.53. The smallest absolute Gasteiger partial charge is 0.408 e. The Kier molecular flexibility index (Phi) is 12.9. The van der Waals surface area contributed by atoms with Crippen LogP contribution in [0.1, 0.15) is 70.8 Å². The minimum Gasteiger partial charge on any atom is -0.445 e. The predicted octanol–water partition coefficient (Wildman–Crippen LogP) is 3.85. The van der Waals surface area contributed by atoms with Crippen molar-refractivity contribution in [2.45, 2.75) is 89.7 Å². The second-order valence-electron chi connectivity index (χ2n) is 10.4. The highest BCUT2D eigenvalue weighted by molar-refractivity contribution is 7.54. The monoisotopic (exact) mass is 581 g/mol. The molecule has 1 aromatic rings. The molecule has 224 valence electrons. The summed E-state index contributed by atoms with van der Waals surface area (Å²) in [6.45, 7) is 3.83. The number of hydrogen-bond acceptors (Lipinski definition) is 8. The number of hydrogen-bond donors (Lipinski definition) is 4. The Morgan fingerprint density at radius 3 is 2.30 bits per heavy atom. The number of ether oxygens (including phenoxy) is 1. The molecule has 4 N–H and O–H groups in total. The summed E-state index contributed by atoms with van der Waals surface area (Å²) in [5.41, 5.74) is 0.812. The van der Waals surface area contributed by atoms with E-state index in [2.05, 4.69) is 16.0 Å². The maximum absolute atomic E-state index is 13.7. The van der Waals surface area contributed by atoms with Crippen LogP contribution in [-0.4, -0.2) is 60.7 Å². The third-order valence-electron chi connectivity index (χ3n) is 7.45. The van der Waals surface area contributed by atoms with Gasteiger partial charge in [-0.25, -0.2) is 4.79 Å². The summed E-state index contributed by atoms with van der Waals surface area (Å²) in [5, 5.41) is 19.4. The van der Waals surface area contributed by atoms with Crippen LogP contribution in [0.25, 0.3) is 0 Å². The standard InChI is InChI=1S/C28H44N3O8P/c1-3-38-40(36,39-4-2)27(34)24(18-22-15-16-29-25(22)32)30-26(33)23(17-20-11-7-5-8-12-20)31-28(35)37-19-21-13-9-6-10-14-21/h6,9-10,13-14,20,22-24,27,34H,3-5,7-8,11-12,15-19H2,1-2H3,(H,29,32)(H,30,33)(H,31,35)/t22?,23-,24-,27?/m0/s1. The Balaban J connectivity index is 1.77. The Bertz CT molecular complexity index is 995. The highest BCUT2D eigenvalue weighted by Gasteiger charge is 2.43. The zero-order valence-electron chi connectivity index (χ0n) is 23.5. The van der Waals surface area contributed by atoms with Crippen molar-refractivity contribution in [1.82, 2.24) is 16.0 Å². The van der Waals surface area contributed by atoms with E-state index in [1.165, 1.54) is 0 Å². The van der Waals surface area contributed by atoms with Crippen molar-refractivity contribution in [3.05, 3.63) is 35.9 Å². The minimum atomic E-state index is -4.04. The molecule has 11 nitrogen and oxygen atoms in total. The molecular formula is C28H44N3O8P. The van der Waals surface area contributed by atoms with E-state index < -0.39 is 43.4 Å². The maximum Gasteiger partial charge on any atom is 0.408 e. The molecule has 0 aromatic heterocycles. The van der Waals surface area contributed by atoms with Crippen LogP contribution < -0.4 is 16.0 Å². The van der Waals surface area contributed by atoms with Crippen molar-refractivity contribution >= 4 is 25.5 Å². The summed E-state index contributed by atoms with van der Waals surface area (Å²) in [6, 6.07) is 7.16. The predicted molar refractivity (Wildman–Crippen MR) is 149 cm³/mol. The molecule has 0 spiro atoms. The van der Waals surface area contributed by atoms with Crippen molar-refractivity contribution in [3.8, 4) is 0 Å². The molecule has 0 radical (unpaired) electrons. The fourth-order valence-corrected chi connectivity index (χ4v) is 7.12. The molecular weight excluding hydrogens is 537 g/mol. The van der Waals surface area contributed by atoms with E-state index in [-0.39, 0.29) is 38.1 Å². The van der Waals surface area contributed by atoms with Gasteiger partial charge in [0.2, 0.25) is 11.8 Å². The van der Waals surface area contributed by atoms with E-state index in [1.54, 1.807) is 13.8 Å². The van der Waals surface area contributed by atoms with Gasteiger partial charge in [-0.05, 0) is 44.6 Å². The van der Waals surface area contributed by atoms with Gasteiger partial charge in [-0.1, -0.05) is 62.4 Å². The first-order valence-corrected chi connectivity index (χ1v) is 16.0. The number of carbonyl (C=O) groups is 3. The Labute approximate surface area is 236 Å². The number of carbonyl (C=O) groups excluding carboxylic acids is 3. The summed E-state index contributed by atoms with van der Waals surface area (Å²) in [5.74, 6) is -2.71. The van der Waals surface area contributed by atoms with E-state index in [0.29, 0.717) is 19.4 Å². The molecule has 2 aliphatic rings. The first-order valence-electron chi connectivity index (χ1n) is 14.4. The first kappa shape index (κ1) is 32.1. The number of alkyl carbamates (subject to hydrolysis) is 1. The van der Waals surface area contributed by atoms with Crippen LogP contribution in [0.2, 0.25) is 0 Å². The van der Waals surface area contributed by atoms with E-state index >= 15 is 0 Å². The van der Waals surface area contributed by atoms with Gasteiger partial charge in [0.05, 0.1) is 19.3 Å². The van der Waals surface area contributed by atoms with Crippen LogP contribution in [0.4, 0.5) is 4.79 Å². The zero-order chi connectivity index (χ0) is 29.0. The van der Waals surface area contributed by atoms with Crippen LogP contribution in [0.5, 0.6) is 0 Å². The molecule has 3 rings (SSSR count). The van der Waals surface area contributed by atoms with E-state index in [0.717, 1.165) is 37.7 Å². The molecule has 1 saturated heterocycles. The fourth-order valence-electron chi connectivity index (χ4n) is 5.38. The average Bonchev–Trinajstić information content (AvgIpc) is 3.36. The number of aliphatic hydroxyl groups excluding tert-OH is 1. The van der Waals surface area contributed by atoms with Crippen molar-refractivity contribution in [3.63, 3.8) is 0 Å². The number of amides is 3. The summed E-state index contributed by atoms with van der Waals surface area (Å²) >= 11 is 0. The van der Waals surface area contributed by atoms with Crippen molar-refractivity contribution < 1.29 is 37.8 Å². The second-order valence-corrected chi connectivity index (χ2v) is 12.5. The van der Waals surface area contributed by atoms with Crippen LogP contribution in [0.3, 0.4) is 0 Å². The number of aliphatic hydroxyl groups is 1. The molecule has 2 unspecified atom stereocenters. The largest absolute Gasteiger partial charge is 0.445 e. The summed E-state index contributed by atoms with van der Waals surface area (Å²) in [4.78, 5) is 38.8. The lowest BCUT2D eigenvalue weighted by Crippen LogP contribution is -2.54. The van der Waals surface area contributed by atoms with Gasteiger partial charge in [-0.3, -0.25) is 14.2 Å². The van der Waals surface area contributed by atoms with Crippen LogP contribution in [0, 0.1) is 11.8 Å². The van der Waals surface area contributed by atoms with Crippen molar-refractivity contribution in [2.24, 2.45) is 11.8 Å². The third-order valence-corrected chi connectivity index (χ3v) is 9.69. The van der Waals surface area contributed by atoms with Gasteiger partial charge < -0.3 is 34.8 Å². The Hall–Kier alpha value is -2.46. The fraction of sp³-hybridized carbons (Fsp3) is 0.679. The van der Waals surface area contributed by atoms with Gasteiger partial charge in [0.1, 0.15) is 12.6 Å². The zero-order valence-corrected chi connectivity index (χ0v) is 24.4. The van der Waals surface area contributed by atoms with Crippen LogP contribution in [0.15, 0.2) is 30.3 Å². The summed E-state index contributed by atoms with van der Waals surface area (Å²) in [6.07, 6.45) is 5.36. The molecule has 3 amide bonds. The third kappa shape index (κ3) is 9.58. The molecule has 0 bridgehead atoms. The molecule has 4 atom stereocenters. The lowest BCUT2D eigenvalue weighted by molar-refractivity contribution is -0.126. The quantitative estimate of drug-likeness (QED) is 0.228. The average molecular weight is 582 g/mol. The van der Waals surface area contributed by atoms with Crippen LogP contribution in [-0.2, 0) is 34.5 Å². The molecule has 1 heterocycles. The summed E-state index contributed by atoms with van der Waals surface area (Å²) < 4.78 is 29.5. The van der Waals surface area contributed by atoms with Gasteiger partial charge in [0.15, 0.2) is 5.85 Å². The molecule has 2 fully saturated rings. The topological polar surface area (TPSA) is 152 Å². The Morgan fingerprint density at radius 2 is 1.70 bits per heavy atom. The summed E-state index contributed by atoms with van der Waals surface area (Å²) in [7, 11) is -4.04. The molecule has 1 aliphatic carbocycles. The van der Waals surface area contributed by atoms with Gasteiger partial charge >= 0.3 is 13.7 Å².